The van der Waals surface area contributed by atoms with Crippen LogP contribution in [0, 0.1) is 0 Å². The molecule has 0 aliphatic carbocycles. The third kappa shape index (κ3) is 4.65. The number of carbonyl (C=O) groups is 1. The van der Waals surface area contributed by atoms with Gasteiger partial charge in [0, 0.05) is 38.4 Å². The molecule has 1 fully saturated rings. The van der Waals surface area contributed by atoms with Gasteiger partial charge in [0.1, 0.15) is 0 Å². The standard InChI is InChI=1S/C17H28N4O2/c1-13(21-9-10-23-12-14(21)2)11-19-17(22)20(4)15(3)16-7-5-6-8-18-16/h5-8,13-15H,9-12H2,1-4H3,(H,19,22). The molecule has 1 aliphatic heterocycles. The van der Waals surface area contributed by atoms with Crippen LogP contribution in [-0.2, 0) is 4.74 Å². The quantitative estimate of drug-likeness (QED) is 0.900. The Kier molecular flexibility index (Phi) is 6.36. The van der Waals surface area contributed by atoms with Gasteiger partial charge in [0.05, 0.1) is 24.9 Å². The Morgan fingerprint density at radius 2 is 2.30 bits per heavy atom. The summed E-state index contributed by atoms with van der Waals surface area (Å²) in [5, 5.41) is 3.03. The van der Waals surface area contributed by atoms with Crippen LogP contribution < -0.4 is 5.32 Å². The average Bonchev–Trinajstić information content (AvgIpc) is 2.59. The minimum absolute atomic E-state index is 0.0613. The number of urea groups is 1. The van der Waals surface area contributed by atoms with Crippen LogP contribution in [-0.4, -0.2) is 66.2 Å². The lowest BCUT2D eigenvalue weighted by molar-refractivity contribution is -0.0178. The van der Waals surface area contributed by atoms with E-state index < -0.39 is 0 Å². The number of amides is 2. The second-order valence-electron chi connectivity index (χ2n) is 6.24. The van der Waals surface area contributed by atoms with E-state index >= 15 is 0 Å². The first-order valence-electron chi connectivity index (χ1n) is 8.25. The summed E-state index contributed by atoms with van der Waals surface area (Å²) in [5.41, 5.74) is 0.889. The number of ether oxygens (including phenoxy) is 1. The Morgan fingerprint density at radius 3 is 2.96 bits per heavy atom. The van der Waals surface area contributed by atoms with Crippen molar-refractivity contribution in [1.29, 1.82) is 0 Å². The highest BCUT2D eigenvalue weighted by Crippen LogP contribution is 2.16. The van der Waals surface area contributed by atoms with Gasteiger partial charge in [-0.15, -0.1) is 0 Å². The summed E-state index contributed by atoms with van der Waals surface area (Å²) in [4.78, 5) is 20.8. The maximum atomic E-state index is 12.4. The fraction of sp³-hybridized carbons (Fsp3) is 0.647. The van der Waals surface area contributed by atoms with Crippen LogP contribution in [0.3, 0.4) is 0 Å². The number of aromatic nitrogens is 1. The number of rotatable bonds is 5. The molecule has 1 aromatic heterocycles. The highest BCUT2D eigenvalue weighted by molar-refractivity contribution is 5.74. The lowest BCUT2D eigenvalue weighted by atomic mass is 10.2. The first kappa shape index (κ1) is 17.7. The van der Waals surface area contributed by atoms with Crippen molar-refractivity contribution in [3.63, 3.8) is 0 Å². The zero-order valence-electron chi connectivity index (χ0n) is 14.5. The normalized spacial score (nSPS) is 21.5. The van der Waals surface area contributed by atoms with E-state index in [4.69, 9.17) is 4.74 Å². The van der Waals surface area contributed by atoms with Crippen molar-refractivity contribution in [2.24, 2.45) is 0 Å². The number of carbonyl (C=O) groups excluding carboxylic acids is 1. The summed E-state index contributed by atoms with van der Waals surface area (Å²) in [6, 6.07) is 6.29. The van der Waals surface area contributed by atoms with Gasteiger partial charge in [0.15, 0.2) is 0 Å². The molecule has 3 unspecified atom stereocenters. The van der Waals surface area contributed by atoms with Gasteiger partial charge in [0.2, 0.25) is 0 Å². The molecule has 0 bridgehead atoms. The third-order valence-corrected chi connectivity index (χ3v) is 4.55. The van der Waals surface area contributed by atoms with E-state index in [1.165, 1.54) is 0 Å². The van der Waals surface area contributed by atoms with Crippen molar-refractivity contribution in [2.45, 2.75) is 38.9 Å². The summed E-state index contributed by atoms with van der Waals surface area (Å²) in [6.45, 7) is 9.35. The molecule has 0 spiro atoms. The van der Waals surface area contributed by atoms with Crippen molar-refractivity contribution in [3.05, 3.63) is 30.1 Å². The van der Waals surface area contributed by atoms with E-state index in [1.54, 1.807) is 18.1 Å². The van der Waals surface area contributed by atoms with Gasteiger partial charge in [-0.1, -0.05) is 6.07 Å². The van der Waals surface area contributed by atoms with Gasteiger partial charge in [-0.3, -0.25) is 9.88 Å². The zero-order valence-corrected chi connectivity index (χ0v) is 14.5. The Hall–Kier alpha value is -1.66. The SMILES string of the molecule is CC(c1ccccn1)N(C)C(=O)NCC(C)N1CCOCC1C. The van der Waals surface area contributed by atoms with E-state index in [1.807, 2.05) is 25.1 Å². The first-order valence-corrected chi connectivity index (χ1v) is 8.25. The summed E-state index contributed by atoms with van der Waals surface area (Å²) >= 11 is 0. The van der Waals surface area contributed by atoms with E-state index in [-0.39, 0.29) is 18.1 Å². The second-order valence-corrected chi connectivity index (χ2v) is 6.24. The molecule has 2 rings (SSSR count). The van der Waals surface area contributed by atoms with Crippen LogP contribution in [0.25, 0.3) is 0 Å². The minimum Gasteiger partial charge on any atom is -0.379 e. The van der Waals surface area contributed by atoms with E-state index in [0.717, 1.165) is 25.5 Å². The molecular formula is C17H28N4O2. The topological polar surface area (TPSA) is 57.7 Å². The van der Waals surface area contributed by atoms with Gasteiger partial charge >= 0.3 is 6.03 Å². The van der Waals surface area contributed by atoms with Crippen molar-refractivity contribution >= 4 is 6.03 Å². The summed E-state index contributed by atoms with van der Waals surface area (Å²) < 4.78 is 5.46. The Labute approximate surface area is 138 Å². The maximum absolute atomic E-state index is 12.4. The molecule has 2 amide bonds. The Bertz CT molecular complexity index is 497. The zero-order chi connectivity index (χ0) is 16.8. The molecule has 1 saturated heterocycles. The van der Waals surface area contributed by atoms with Gasteiger partial charge in [0.25, 0.3) is 0 Å². The van der Waals surface area contributed by atoms with Crippen LogP contribution in [0.1, 0.15) is 32.5 Å². The van der Waals surface area contributed by atoms with Crippen molar-refractivity contribution < 1.29 is 9.53 Å². The van der Waals surface area contributed by atoms with Gasteiger partial charge < -0.3 is 15.0 Å². The fourth-order valence-electron chi connectivity index (χ4n) is 2.87. The smallest absolute Gasteiger partial charge is 0.317 e. The van der Waals surface area contributed by atoms with Crippen molar-refractivity contribution in [1.82, 2.24) is 20.1 Å². The maximum Gasteiger partial charge on any atom is 0.317 e. The number of hydrogen-bond donors (Lipinski definition) is 1. The van der Waals surface area contributed by atoms with Crippen LogP contribution in [0.15, 0.2) is 24.4 Å². The lowest BCUT2D eigenvalue weighted by Gasteiger charge is -2.38. The lowest BCUT2D eigenvalue weighted by Crippen LogP contribution is -2.53. The van der Waals surface area contributed by atoms with E-state index in [0.29, 0.717) is 12.6 Å². The molecular weight excluding hydrogens is 292 g/mol. The molecule has 6 heteroatoms. The van der Waals surface area contributed by atoms with Crippen LogP contribution in [0.5, 0.6) is 0 Å². The van der Waals surface area contributed by atoms with Crippen molar-refractivity contribution in [2.75, 3.05) is 33.4 Å². The number of pyridine rings is 1. The molecule has 6 nitrogen and oxygen atoms in total. The highest BCUT2D eigenvalue weighted by atomic mass is 16.5. The number of hydrogen-bond acceptors (Lipinski definition) is 4. The fourth-order valence-corrected chi connectivity index (χ4v) is 2.87. The molecule has 0 radical (unpaired) electrons. The summed E-state index contributed by atoms with van der Waals surface area (Å²) in [6.07, 6.45) is 1.75. The largest absolute Gasteiger partial charge is 0.379 e. The molecule has 0 aromatic carbocycles. The minimum atomic E-state index is -0.0732. The van der Waals surface area contributed by atoms with E-state index in [2.05, 4.69) is 29.0 Å². The summed E-state index contributed by atoms with van der Waals surface area (Å²) in [7, 11) is 1.80. The molecule has 128 valence electrons. The molecule has 2 heterocycles. The van der Waals surface area contributed by atoms with Gasteiger partial charge in [-0.25, -0.2) is 4.79 Å². The van der Waals surface area contributed by atoms with Crippen LogP contribution in [0.4, 0.5) is 4.79 Å². The average molecular weight is 320 g/mol. The second kappa shape index (κ2) is 8.26. The van der Waals surface area contributed by atoms with E-state index in [9.17, 15) is 4.79 Å². The number of morpholine rings is 1. The molecule has 1 aliphatic rings. The Balaban J connectivity index is 1.84. The van der Waals surface area contributed by atoms with Crippen LogP contribution >= 0.6 is 0 Å². The number of nitrogens with zero attached hydrogens (tertiary/aromatic N) is 3. The highest BCUT2D eigenvalue weighted by Gasteiger charge is 2.25. The van der Waals surface area contributed by atoms with Gasteiger partial charge in [-0.05, 0) is 32.9 Å². The van der Waals surface area contributed by atoms with Gasteiger partial charge in [-0.2, -0.15) is 0 Å². The molecule has 1 N–H and O–H groups in total. The van der Waals surface area contributed by atoms with Crippen molar-refractivity contribution in [3.8, 4) is 0 Å². The molecule has 3 atom stereocenters. The monoisotopic (exact) mass is 320 g/mol. The Morgan fingerprint density at radius 1 is 1.52 bits per heavy atom. The molecule has 1 aromatic rings. The summed E-state index contributed by atoms with van der Waals surface area (Å²) in [5.74, 6) is 0. The first-order chi connectivity index (χ1) is 11.0. The van der Waals surface area contributed by atoms with Crippen LogP contribution in [0.2, 0.25) is 0 Å². The molecule has 0 saturated carbocycles. The molecule has 23 heavy (non-hydrogen) atoms. The predicted octanol–water partition coefficient (Wildman–Crippen LogP) is 1.89. The third-order valence-electron chi connectivity index (χ3n) is 4.55. The predicted molar refractivity (Wildman–Crippen MR) is 90.3 cm³/mol. The number of nitrogens with one attached hydrogen (secondary N) is 1.